The molecule has 0 atom stereocenters. The van der Waals surface area contributed by atoms with Gasteiger partial charge in [-0.3, -0.25) is 0 Å². The molecular weight excluding hydrogens is 186 g/mol. The van der Waals surface area contributed by atoms with Gasteiger partial charge in [0, 0.05) is 0 Å². The van der Waals surface area contributed by atoms with Gasteiger partial charge in [-0.15, -0.1) is 0 Å². The zero-order chi connectivity index (χ0) is 10.7. The molecule has 0 amide bonds. The Morgan fingerprint density at radius 3 is 2.87 bits per heavy atom. The van der Waals surface area contributed by atoms with Crippen LogP contribution >= 0.6 is 0 Å². The van der Waals surface area contributed by atoms with E-state index in [0.29, 0.717) is 0 Å². The topological polar surface area (TPSA) is 29.4 Å². The second kappa shape index (κ2) is 4.00. The molecule has 0 saturated heterocycles. The summed E-state index contributed by atoms with van der Waals surface area (Å²) >= 11 is 0. The van der Waals surface area contributed by atoms with Crippen LogP contribution in [0.3, 0.4) is 0 Å². The first-order valence-corrected chi connectivity index (χ1v) is 5.49. The molecule has 1 aromatic carbocycles. The minimum Gasteiger partial charge on any atom is -0.211 e. The van der Waals surface area contributed by atoms with Crippen molar-refractivity contribution in [2.24, 2.45) is 4.99 Å². The Bertz CT molecular complexity index is 401. The average molecular weight is 201 g/mol. The minimum absolute atomic E-state index is 0.217. The summed E-state index contributed by atoms with van der Waals surface area (Å²) in [5.74, 6) is 0. The fraction of sp³-hybridized carbons (Fsp3) is 0.462. The second-order valence-corrected chi connectivity index (χ2v) is 4.19. The molecule has 0 N–H and O–H groups in total. The van der Waals surface area contributed by atoms with Crippen LogP contribution < -0.4 is 0 Å². The number of carbonyl (C=O) groups excluding carboxylic acids is 1. The molecule has 0 spiro atoms. The maximum absolute atomic E-state index is 10.4. The van der Waals surface area contributed by atoms with E-state index in [4.69, 9.17) is 0 Å². The molecule has 1 aliphatic carbocycles. The van der Waals surface area contributed by atoms with E-state index in [1.807, 2.05) is 0 Å². The van der Waals surface area contributed by atoms with Crippen LogP contribution in [0.4, 0.5) is 0 Å². The number of aryl methyl sites for hydroxylation is 1. The van der Waals surface area contributed by atoms with Crippen molar-refractivity contribution in [3.63, 3.8) is 0 Å². The standard InChI is InChI=1S/C13H15NO/c1-2-4-11-5-3-6-12(9-11)13(7-8-13)14-10-15/h3,5-6,9H,2,4,7-8H2,1H3. The Kier molecular flexibility index (Phi) is 2.70. The Labute approximate surface area is 90.0 Å². The summed E-state index contributed by atoms with van der Waals surface area (Å²) in [5.41, 5.74) is 2.30. The normalized spacial score (nSPS) is 16.9. The van der Waals surface area contributed by atoms with Crippen molar-refractivity contribution in [3.8, 4) is 0 Å². The van der Waals surface area contributed by atoms with E-state index in [-0.39, 0.29) is 5.54 Å². The zero-order valence-corrected chi connectivity index (χ0v) is 8.99. The van der Waals surface area contributed by atoms with Crippen molar-refractivity contribution in [2.45, 2.75) is 38.1 Å². The van der Waals surface area contributed by atoms with Gasteiger partial charge in [-0.05, 0) is 30.4 Å². The fourth-order valence-electron chi connectivity index (χ4n) is 1.98. The lowest BCUT2D eigenvalue weighted by Gasteiger charge is -2.09. The number of isocyanates is 1. The van der Waals surface area contributed by atoms with Gasteiger partial charge < -0.3 is 0 Å². The first-order chi connectivity index (χ1) is 7.30. The number of benzene rings is 1. The van der Waals surface area contributed by atoms with Gasteiger partial charge in [-0.1, -0.05) is 37.6 Å². The number of hydrogen-bond donors (Lipinski definition) is 0. The second-order valence-electron chi connectivity index (χ2n) is 4.19. The fourth-order valence-corrected chi connectivity index (χ4v) is 1.98. The van der Waals surface area contributed by atoms with Crippen LogP contribution in [0.25, 0.3) is 0 Å². The van der Waals surface area contributed by atoms with E-state index in [9.17, 15) is 4.79 Å². The molecule has 0 aliphatic heterocycles. The van der Waals surface area contributed by atoms with E-state index >= 15 is 0 Å². The molecule has 0 unspecified atom stereocenters. The first-order valence-electron chi connectivity index (χ1n) is 5.49. The van der Waals surface area contributed by atoms with Gasteiger partial charge in [-0.25, -0.2) is 4.79 Å². The van der Waals surface area contributed by atoms with Crippen LogP contribution in [0.2, 0.25) is 0 Å². The molecule has 78 valence electrons. The van der Waals surface area contributed by atoms with Gasteiger partial charge in [0.1, 0.15) is 0 Å². The van der Waals surface area contributed by atoms with Crippen molar-refractivity contribution in [1.82, 2.24) is 0 Å². The molecule has 0 heterocycles. The molecular formula is C13H15NO. The summed E-state index contributed by atoms with van der Waals surface area (Å²) in [4.78, 5) is 14.3. The monoisotopic (exact) mass is 201 g/mol. The van der Waals surface area contributed by atoms with Gasteiger partial charge in [0.25, 0.3) is 0 Å². The minimum atomic E-state index is -0.217. The smallest absolute Gasteiger partial charge is 0.211 e. The molecule has 0 radical (unpaired) electrons. The summed E-state index contributed by atoms with van der Waals surface area (Å²) in [5, 5.41) is 0. The number of rotatable bonds is 4. The summed E-state index contributed by atoms with van der Waals surface area (Å²) in [7, 11) is 0. The Hall–Kier alpha value is -1.40. The highest BCUT2D eigenvalue weighted by atomic mass is 16.1. The van der Waals surface area contributed by atoms with E-state index < -0.39 is 0 Å². The van der Waals surface area contributed by atoms with Crippen LogP contribution in [-0.2, 0) is 16.8 Å². The molecule has 2 rings (SSSR count). The maximum atomic E-state index is 10.4. The highest BCUT2D eigenvalue weighted by Crippen LogP contribution is 2.49. The highest BCUT2D eigenvalue weighted by Gasteiger charge is 2.44. The third-order valence-corrected chi connectivity index (χ3v) is 2.99. The van der Waals surface area contributed by atoms with Crippen molar-refractivity contribution in [3.05, 3.63) is 35.4 Å². The Morgan fingerprint density at radius 1 is 1.47 bits per heavy atom. The number of hydrogen-bond acceptors (Lipinski definition) is 2. The first kappa shape index (κ1) is 10.1. The van der Waals surface area contributed by atoms with Crippen LogP contribution in [0.15, 0.2) is 29.3 Å². The lowest BCUT2D eigenvalue weighted by atomic mass is 10.0. The molecule has 1 saturated carbocycles. The molecule has 1 aliphatic rings. The summed E-state index contributed by atoms with van der Waals surface area (Å²) in [6, 6.07) is 8.43. The summed E-state index contributed by atoms with van der Waals surface area (Å²) in [6.45, 7) is 2.17. The molecule has 0 aromatic heterocycles. The van der Waals surface area contributed by atoms with E-state index in [1.165, 1.54) is 11.1 Å². The largest absolute Gasteiger partial charge is 0.235 e. The van der Waals surface area contributed by atoms with Gasteiger partial charge in [0.2, 0.25) is 6.08 Å². The van der Waals surface area contributed by atoms with Crippen molar-refractivity contribution in [2.75, 3.05) is 0 Å². The lowest BCUT2D eigenvalue weighted by molar-refractivity contribution is 0.556. The number of aliphatic imine (C=N–C) groups is 1. The molecule has 2 nitrogen and oxygen atoms in total. The predicted octanol–water partition coefficient (Wildman–Crippen LogP) is 2.96. The van der Waals surface area contributed by atoms with Crippen molar-refractivity contribution in [1.29, 1.82) is 0 Å². The summed E-state index contributed by atoms with van der Waals surface area (Å²) in [6.07, 6.45) is 5.90. The predicted molar refractivity (Wildman–Crippen MR) is 59.5 cm³/mol. The average Bonchev–Trinajstić information content (AvgIpc) is 3.01. The molecule has 15 heavy (non-hydrogen) atoms. The van der Waals surface area contributed by atoms with Crippen LogP contribution in [-0.4, -0.2) is 6.08 Å². The summed E-state index contributed by atoms with van der Waals surface area (Å²) < 4.78 is 0. The molecule has 0 bridgehead atoms. The maximum Gasteiger partial charge on any atom is 0.235 e. The van der Waals surface area contributed by atoms with Gasteiger partial charge in [0.05, 0.1) is 5.54 Å². The van der Waals surface area contributed by atoms with Gasteiger partial charge >= 0.3 is 0 Å². The zero-order valence-electron chi connectivity index (χ0n) is 8.99. The SMILES string of the molecule is CCCc1cccc(C2(N=C=O)CC2)c1. The molecule has 2 heteroatoms. The molecule has 1 aromatic rings. The van der Waals surface area contributed by atoms with Crippen LogP contribution in [0, 0.1) is 0 Å². The Morgan fingerprint density at radius 2 is 2.27 bits per heavy atom. The highest BCUT2D eigenvalue weighted by molar-refractivity contribution is 5.42. The third kappa shape index (κ3) is 2.00. The van der Waals surface area contributed by atoms with Gasteiger partial charge in [0.15, 0.2) is 0 Å². The van der Waals surface area contributed by atoms with Crippen molar-refractivity contribution < 1.29 is 4.79 Å². The lowest BCUT2D eigenvalue weighted by Crippen LogP contribution is -2.02. The van der Waals surface area contributed by atoms with Gasteiger partial charge in [-0.2, -0.15) is 4.99 Å². The van der Waals surface area contributed by atoms with Crippen molar-refractivity contribution >= 4 is 6.08 Å². The third-order valence-electron chi connectivity index (χ3n) is 2.99. The van der Waals surface area contributed by atoms with Crippen LogP contribution in [0.5, 0.6) is 0 Å². The van der Waals surface area contributed by atoms with E-state index in [0.717, 1.165) is 25.7 Å². The molecule has 1 fully saturated rings. The van der Waals surface area contributed by atoms with E-state index in [2.05, 4.69) is 36.2 Å². The Balaban J connectivity index is 2.28. The van der Waals surface area contributed by atoms with Crippen LogP contribution in [0.1, 0.15) is 37.3 Å². The quantitative estimate of drug-likeness (QED) is 0.544. The number of nitrogens with zero attached hydrogens (tertiary/aromatic N) is 1. The van der Waals surface area contributed by atoms with E-state index in [1.54, 1.807) is 6.08 Å².